The number of hydrazine groups is 1. The summed E-state index contributed by atoms with van der Waals surface area (Å²) in [6, 6.07) is 16.8. The first-order valence-electron chi connectivity index (χ1n) is 7.45. The molecule has 26 heavy (non-hydrogen) atoms. The molecule has 0 atom stereocenters. The second-order valence-corrected chi connectivity index (χ2v) is 4.89. The van der Waals surface area contributed by atoms with E-state index in [0.717, 1.165) is 0 Å². The van der Waals surface area contributed by atoms with Crippen molar-refractivity contribution in [2.24, 2.45) is 0 Å². The quantitative estimate of drug-likeness (QED) is 0.750. The minimum atomic E-state index is -0.608. The third kappa shape index (κ3) is 5.25. The zero-order valence-corrected chi connectivity index (χ0v) is 13.6. The SMILES string of the molecule is N#Cc1ccccc1OCC(=O)NNC(=O)COc1ccccc1C#N. The maximum atomic E-state index is 11.7. The molecule has 0 saturated heterocycles. The van der Waals surface area contributed by atoms with Gasteiger partial charge in [0.05, 0.1) is 11.1 Å². The average molecular weight is 350 g/mol. The lowest BCUT2D eigenvalue weighted by molar-refractivity contribution is -0.131. The van der Waals surface area contributed by atoms with Crippen LogP contribution in [-0.4, -0.2) is 25.0 Å². The molecule has 2 aromatic carbocycles. The van der Waals surface area contributed by atoms with Crippen LogP contribution in [0.25, 0.3) is 0 Å². The Bertz CT molecular complexity index is 810. The van der Waals surface area contributed by atoms with E-state index < -0.39 is 11.8 Å². The molecule has 0 saturated carbocycles. The Kier molecular flexibility index (Phi) is 6.55. The molecule has 2 rings (SSSR count). The van der Waals surface area contributed by atoms with E-state index in [9.17, 15) is 9.59 Å². The van der Waals surface area contributed by atoms with Crippen LogP contribution in [0.5, 0.6) is 11.5 Å². The summed E-state index contributed by atoms with van der Waals surface area (Å²) in [5.41, 5.74) is 4.93. The fourth-order valence-corrected chi connectivity index (χ4v) is 1.87. The molecule has 0 aliphatic carbocycles. The lowest BCUT2D eigenvalue weighted by Gasteiger charge is -2.10. The average Bonchev–Trinajstić information content (AvgIpc) is 2.69. The molecule has 8 heteroatoms. The third-order valence-electron chi connectivity index (χ3n) is 3.07. The number of amides is 2. The van der Waals surface area contributed by atoms with E-state index in [0.29, 0.717) is 11.1 Å². The number of benzene rings is 2. The highest BCUT2D eigenvalue weighted by molar-refractivity contribution is 5.83. The molecule has 0 aliphatic rings. The highest BCUT2D eigenvalue weighted by atomic mass is 16.5. The molecule has 0 aromatic heterocycles. The van der Waals surface area contributed by atoms with Crippen molar-refractivity contribution in [3.05, 3.63) is 59.7 Å². The Hall–Kier alpha value is -4.04. The number of carbonyl (C=O) groups is 2. The van der Waals surface area contributed by atoms with Crippen LogP contribution in [0.15, 0.2) is 48.5 Å². The molecule has 0 spiro atoms. The van der Waals surface area contributed by atoms with E-state index in [1.165, 1.54) is 0 Å². The molecule has 0 bridgehead atoms. The lowest BCUT2D eigenvalue weighted by Crippen LogP contribution is -2.45. The Morgan fingerprint density at radius 1 is 0.769 bits per heavy atom. The fourth-order valence-electron chi connectivity index (χ4n) is 1.87. The molecule has 0 aliphatic heterocycles. The normalized spacial score (nSPS) is 9.31. The van der Waals surface area contributed by atoms with Crippen molar-refractivity contribution >= 4 is 11.8 Å². The van der Waals surface area contributed by atoms with Crippen LogP contribution >= 0.6 is 0 Å². The number of nitriles is 2. The molecule has 8 nitrogen and oxygen atoms in total. The zero-order chi connectivity index (χ0) is 18.8. The number of hydrogen-bond donors (Lipinski definition) is 2. The monoisotopic (exact) mass is 350 g/mol. The van der Waals surface area contributed by atoms with E-state index in [4.69, 9.17) is 20.0 Å². The van der Waals surface area contributed by atoms with Crippen molar-refractivity contribution in [3.8, 4) is 23.6 Å². The van der Waals surface area contributed by atoms with Crippen LogP contribution in [0.1, 0.15) is 11.1 Å². The van der Waals surface area contributed by atoms with Gasteiger partial charge in [0.15, 0.2) is 13.2 Å². The molecule has 0 unspecified atom stereocenters. The Labute approximate surface area is 149 Å². The first kappa shape index (κ1) is 18.3. The topological polar surface area (TPSA) is 124 Å². The van der Waals surface area contributed by atoms with Crippen LogP contribution in [0.4, 0.5) is 0 Å². The van der Waals surface area contributed by atoms with Crippen molar-refractivity contribution in [3.63, 3.8) is 0 Å². The van der Waals surface area contributed by atoms with E-state index in [-0.39, 0.29) is 24.7 Å². The van der Waals surface area contributed by atoms with Crippen LogP contribution in [0.2, 0.25) is 0 Å². The summed E-state index contributed by atoms with van der Waals surface area (Å²) < 4.78 is 10.5. The predicted octanol–water partition coefficient (Wildman–Crippen LogP) is 1.04. The first-order valence-corrected chi connectivity index (χ1v) is 7.45. The predicted molar refractivity (Wildman–Crippen MR) is 89.6 cm³/mol. The van der Waals surface area contributed by atoms with Gasteiger partial charge < -0.3 is 9.47 Å². The summed E-state index contributed by atoms with van der Waals surface area (Å²) in [4.78, 5) is 23.4. The van der Waals surface area contributed by atoms with Crippen molar-refractivity contribution in [2.75, 3.05) is 13.2 Å². The smallest absolute Gasteiger partial charge is 0.276 e. The number of hydrogen-bond acceptors (Lipinski definition) is 6. The van der Waals surface area contributed by atoms with Gasteiger partial charge in [-0.05, 0) is 24.3 Å². The maximum Gasteiger partial charge on any atom is 0.276 e. The van der Waals surface area contributed by atoms with Crippen molar-refractivity contribution < 1.29 is 19.1 Å². The van der Waals surface area contributed by atoms with Gasteiger partial charge >= 0.3 is 0 Å². The summed E-state index contributed by atoms with van der Waals surface area (Å²) in [7, 11) is 0. The number of nitrogens with zero attached hydrogens (tertiary/aromatic N) is 2. The van der Waals surface area contributed by atoms with Gasteiger partial charge in [-0.15, -0.1) is 0 Å². The van der Waals surface area contributed by atoms with Gasteiger partial charge in [0.25, 0.3) is 11.8 Å². The van der Waals surface area contributed by atoms with E-state index >= 15 is 0 Å². The summed E-state index contributed by atoms with van der Waals surface area (Å²) in [5, 5.41) is 17.9. The molecule has 2 amide bonds. The Morgan fingerprint density at radius 3 is 1.54 bits per heavy atom. The van der Waals surface area contributed by atoms with Crippen molar-refractivity contribution in [1.82, 2.24) is 10.9 Å². The maximum absolute atomic E-state index is 11.7. The van der Waals surface area contributed by atoms with Gasteiger partial charge in [-0.2, -0.15) is 10.5 Å². The number of rotatable bonds is 6. The molecule has 130 valence electrons. The third-order valence-corrected chi connectivity index (χ3v) is 3.07. The van der Waals surface area contributed by atoms with Gasteiger partial charge in [0.2, 0.25) is 0 Å². The second kappa shape index (κ2) is 9.30. The minimum absolute atomic E-state index is 0.271. The standard InChI is InChI=1S/C18H14N4O4/c19-9-13-5-1-3-7-15(13)25-11-17(23)21-22-18(24)12-26-16-8-4-2-6-14(16)10-20/h1-8H,11-12H2,(H,21,23)(H,22,24). The Morgan fingerprint density at radius 2 is 1.15 bits per heavy atom. The van der Waals surface area contributed by atoms with Crippen LogP contribution in [-0.2, 0) is 9.59 Å². The number of para-hydroxylation sites is 2. The largest absolute Gasteiger partial charge is 0.482 e. The molecule has 0 radical (unpaired) electrons. The molecule has 0 fully saturated rings. The van der Waals surface area contributed by atoms with E-state index in [1.54, 1.807) is 48.5 Å². The van der Waals surface area contributed by atoms with E-state index in [1.807, 2.05) is 12.1 Å². The van der Waals surface area contributed by atoms with Gasteiger partial charge in [-0.1, -0.05) is 24.3 Å². The molecule has 2 N–H and O–H groups in total. The summed E-state index contributed by atoms with van der Waals surface area (Å²) >= 11 is 0. The van der Waals surface area contributed by atoms with Crippen LogP contribution < -0.4 is 20.3 Å². The first-order chi connectivity index (χ1) is 12.6. The van der Waals surface area contributed by atoms with Crippen LogP contribution in [0.3, 0.4) is 0 Å². The molecule has 0 heterocycles. The minimum Gasteiger partial charge on any atom is -0.482 e. The van der Waals surface area contributed by atoms with Crippen molar-refractivity contribution in [2.45, 2.75) is 0 Å². The molecular weight excluding hydrogens is 336 g/mol. The fraction of sp³-hybridized carbons (Fsp3) is 0.111. The van der Waals surface area contributed by atoms with Crippen molar-refractivity contribution in [1.29, 1.82) is 10.5 Å². The van der Waals surface area contributed by atoms with Gasteiger partial charge in [-0.25, -0.2) is 0 Å². The zero-order valence-electron chi connectivity index (χ0n) is 13.6. The lowest BCUT2D eigenvalue weighted by atomic mass is 10.2. The summed E-state index contributed by atoms with van der Waals surface area (Å²) in [6.07, 6.45) is 0. The molecular formula is C18H14N4O4. The Balaban J connectivity index is 1.74. The summed E-state index contributed by atoms with van der Waals surface area (Å²) in [6.45, 7) is -0.756. The van der Waals surface area contributed by atoms with Gasteiger partial charge in [0.1, 0.15) is 23.6 Å². The second-order valence-electron chi connectivity index (χ2n) is 4.89. The summed E-state index contributed by atoms with van der Waals surface area (Å²) in [5.74, 6) is -0.673. The van der Waals surface area contributed by atoms with Gasteiger partial charge in [0, 0.05) is 0 Å². The highest BCUT2D eigenvalue weighted by Gasteiger charge is 2.09. The number of nitrogens with one attached hydrogen (secondary N) is 2. The molecule has 2 aromatic rings. The van der Waals surface area contributed by atoms with Crippen LogP contribution in [0, 0.1) is 22.7 Å². The van der Waals surface area contributed by atoms with E-state index in [2.05, 4.69) is 10.9 Å². The van der Waals surface area contributed by atoms with Gasteiger partial charge in [-0.3, -0.25) is 20.4 Å². The number of carbonyl (C=O) groups excluding carboxylic acids is 2. The highest BCUT2D eigenvalue weighted by Crippen LogP contribution is 2.16. The number of ether oxygens (including phenoxy) is 2.